The minimum Gasteiger partial charge on any atom is -0.369 e. The van der Waals surface area contributed by atoms with E-state index in [4.69, 9.17) is 11.6 Å². The van der Waals surface area contributed by atoms with E-state index in [0.29, 0.717) is 47.8 Å². The van der Waals surface area contributed by atoms with Gasteiger partial charge in [0.1, 0.15) is 0 Å². The Morgan fingerprint density at radius 3 is 2.42 bits per heavy atom. The van der Waals surface area contributed by atoms with E-state index in [1.807, 2.05) is 38.1 Å². The Balaban J connectivity index is 1.59. The topological polar surface area (TPSA) is 60.9 Å². The highest BCUT2D eigenvalue weighted by Crippen LogP contribution is 2.39. The number of nitrogens with zero attached hydrogens (tertiary/aromatic N) is 3. The molecule has 0 bridgehead atoms. The lowest BCUT2D eigenvalue weighted by molar-refractivity contribution is -0.116. The second-order valence-electron chi connectivity index (χ2n) is 8.18. The van der Waals surface area contributed by atoms with Crippen molar-refractivity contribution in [2.24, 2.45) is 0 Å². The molecule has 2 aliphatic rings. The Bertz CT molecular complexity index is 1150. The summed E-state index contributed by atoms with van der Waals surface area (Å²) in [6.07, 6.45) is 0.714. The van der Waals surface area contributed by atoms with Gasteiger partial charge in [0.25, 0.3) is 0 Å². The molecule has 2 aromatic rings. The fourth-order valence-corrected chi connectivity index (χ4v) is 7.19. The van der Waals surface area contributed by atoms with Gasteiger partial charge in [0.2, 0.25) is 15.9 Å². The van der Waals surface area contributed by atoms with Crippen molar-refractivity contribution >= 4 is 54.8 Å². The van der Waals surface area contributed by atoms with E-state index >= 15 is 0 Å². The normalized spacial score (nSPS) is 19.6. The van der Waals surface area contributed by atoms with Crippen molar-refractivity contribution < 1.29 is 13.2 Å². The van der Waals surface area contributed by atoms with Gasteiger partial charge in [-0.2, -0.15) is 4.31 Å². The minimum atomic E-state index is -3.71. The first kappa shape index (κ1) is 22.6. The third kappa shape index (κ3) is 4.11. The Kier molecular flexibility index (Phi) is 6.11. The maximum Gasteiger partial charge on any atom is 0.244 e. The van der Waals surface area contributed by atoms with Crippen molar-refractivity contribution in [2.75, 3.05) is 36.0 Å². The maximum atomic E-state index is 13.5. The first-order chi connectivity index (χ1) is 14.6. The number of fused-ring (bicyclic) bond motifs is 1. The van der Waals surface area contributed by atoms with E-state index in [0.717, 1.165) is 16.8 Å². The number of rotatable bonds is 3. The number of hydrogen-bond acceptors (Lipinski definition) is 4. The standard InChI is InChI=1S/C22H25BrClN3O3S/c1-14-4-5-18(24)12-20(14)25-6-8-26(9-7-25)31(29,30)22-13-21-17(11-19(22)23)10-15(2)27(21)16(3)28/h4-5,11-13,15H,6-10H2,1-3H3/t15-/m1/s1. The molecule has 0 unspecified atom stereocenters. The molecule has 4 rings (SSSR count). The fraction of sp³-hybridized carbons (Fsp3) is 0.409. The summed E-state index contributed by atoms with van der Waals surface area (Å²) in [5, 5.41) is 0.668. The molecule has 2 aromatic carbocycles. The zero-order chi connectivity index (χ0) is 22.5. The molecule has 0 aliphatic carbocycles. The summed E-state index contributed by atoms with van der Waals surface area (Å²) in [6, 6.07) is 9.26. The van der Waals surface area contributed by atoms with Crippen molar-refractivity contribution in [1.29, 1.82) is 0 Å². The maximum absolute atomic E-state index is 13.5. The van der Waals surface area contributed by atoms with Gasteiger partial charge in [-0.15, -0.1) is 0 Å². The summed E-state index contributed by atoms with van der Waals surface area (Å²) in [4.78, 5) is 16.2. The number of hydrogen-bond donors (Lipinski definition) is 0. The largest absolute Gasteiger partial charge is 0.369 e. The van der Waals surface area contributed by atoms with Crippen molar-refractivity contribution in [1.82, 2.24) is 4.31 Å². The third-order valence-corrected chi connectivity index (χ3v) is 9.15. The van der Waals surface area contributed by atoms with Gasteiger partial charge in [-0.25, -0.2) is 8.42 Å². The van der Waals surface area contributed by atoms with Crippen molar-refractivity contribution in [3.8, 4) is 0 Å². The van der Waals surface area contributed by atoms with Gasteiger partial charge < -0.3 is 9.80 Å². The van der Waals surface area contributed by atoms with Crippen molar-refractivity contribution in [2.45, 2.75) is 38.1 Å². The van der Waals surface area contributed by atoms with E-state index in [2.05, 4.69) is 20.8 Å². The number of anilines is 2. The molecular formula is C22H25BrClN3O3S. The molecule has 31 heavy (non-hydrogen) atoms. The Morgan fingerprint density at radius 1 is 1.10 bits per heavy atom. The number of benzene rings is 2. The van der Waals surface area contributed by atoms with E-state index in [-0.39, 0.29) is 16.8 Å². The van der Waals surface area contributed by atoms with Crippen molar-refractivity contribution in [3.63, 3.8) is 0 Å². The molecule has 0 spiro atoms. The summed E-state index contributed by atoms with van der Waals surface area (Å²) in [6.45, 7) is 7.44. The van der Waals surface area contributed by atoms with Crippen LogP contribution in [0.4, 0.5) is 11.4 Å². The van der Waals surface area contributed by atoms with Crippen LogP contribution in [0.25, 0.3) is 0 Å². The van der Waals surface area contributed by atoms with E-state index in [9.17, 15) is 13.2 Å². The number of carbonyl (C=O) groups is 1. The van der Waals surface area contributed by atoms with Crippen LogP contribution in [-0.4, -0.2) is 50.9 Å². The van der Waals surface area contributed by atoms with Gasteiger partial charge in [0.15, 0.2) is 0 Å². The molecule has 0 saturated carbocycles. The van der Waals surface area contributed by atoms with E-state index in [1.54, 1.807) is 11.0 Å². The molecule has 1 saturated heterocycles. The highest BCUT2D eigenvalue weighted by atomic mass is 79.9. The number of aryl methyl sites for hydroxylation is 1. The molecule has 0 radical (unpaired) electrons. The number of sulfonamides is 1. The first-order valence-corrected chi connectivity index (χ1v) is 12.8. The van der Waals surface area contributed by atoms with Crippen molar-refractivity contribution in [3.05, 3.63) is 51.0 Å². The predicted molar refractivity (Wildman–Crippen MR) is 128 cm³/mol. The van der Waals surface area contributed by atoms with Gasteiger partial charge in [-0.05, 0) is 71.6 Å². The predicted octanol–water partition coefficient (Wildman–Crippen LogP) is 4.22. The SMILES string of the molecule is CC(=O)N1c2cc(S(=O)(=O)N3CCN(c4cc(Cl)ccc4C)CC3)c(Br)cc2C[C@H]1C. The Hall–Kier alpha value is -1.61. The number of halogens is 2. The van der Waals surface area contributed by atoms with E-state index in [1.165, 1.54) is 11.2 Å². The molecular weight excluding hydrogens is 502 g/mol. The fourth-order valence-electron chi connectivity index (χ4n) is 4.53. The first-order valence-electron chi connectivity index (χ1n) is 10.2. The summed E-state index contributed by atoms with van der Waals surface area (Å²) in [7, 11) is -3.71. The number of amides is 1. The molecule has 2 heterocycles. The average molecular weight is 527 g/mol. The van der Waals surface area contributed by atoms with Gasteiger partial charge in [-0.1, -0.05) is 17.7 Å². The summed E-state index contributed by atoms with van der Waals surface area (Å²) < 4.78 is 29.0. The van der Waals surface area contributed by atoms with Crippen LogP contribution in [-0.2, 0) is 21.2 Å². The number of piperazine rings is 1. The summed E-state index contributed by atoms with van der Waals surface area (Å²) >= 11 is 9.62. The van der Waals surface area contributed by atoms with Crippen LogP contribution in [0, 0.1) is 6.92 Å². The number of carbonyl (C=O) groups excluding carboxylic acids is 1. The lowest BCUT2D eigenvalue weighted by atomic mass is 10.1. The van der Waals surface area contributed by atoms with E-state index < -0.39 is 10.0 Å². The molecule has 9 heteroatoms. The average Bonchev–Trinajstić information content (AvgIpc) is 3.04. The Morgan fingerprint density at radius 2 is 1.77 bits per heavy atom. The summed E-state index contributed by atoms with van der Waals surface area (Å²) in [5.41, 5.74) is 3.82. The van der Waals surface area contributed by atoms with Gasteiger partial charge in [-0.3, -0.25) is 4.79 Å². The molecule has 1 amide bonds. The molecule has 2 aliphatic heterocycles. The van der Waals surface area contributed by atoms with Crippen LogP contribution in [0.3, 0.4) is 0 Å². The minimum absolute atomic E-state index is 0.0156. The summed E-state index contributed by atoms with van der Waals surface area (Å²) in [5.74, 6) is -0.0811. The van der Waals surface area contributed by atoms with Gasteiger partial charge in [0, 0.05) is 60.0 Å². The van der Waals surface area contributed by atoms with Gasteiger partial charge in [0.05, 0.1) is 4.90 Å². The highest BCUT2D eigenvalue weighted by Gasteiger charge is 2.35. The molecule has 0 N–H and O–H groups in total. The lowest BCUT2D eigenvalue weighted by Crippen LogP contribution is -2.49. The van der Waals surface area contributed by atoms with Crippen LogP contribution in [0.5, 0.6) is 0 Å². The smallest absolute Gasteiger partial charge is 0.244 e. The van der Waals surface area contributed by atoms with Crippen LogP contribution >= 0.6 is 27.5 Å². The third-order valence-electron chi connectivity index (χ3n) is 6.06. The molecule has 0 aromatic heterocycles. The second kappa shape index (κ2) is 8.39. The second-order valence-corrected chi connectivity index (χ2v) is 11.4. The molecule has 1 fully saturated rings. The van der Waals surface area contributed by atoms with Crippen LogP contribution in [0.15, 0.2) is 39.7 Å². The zero-order valence-corrected chi connectivity index (χ0v) is 20.9. The zero-order valence-electron chi connectivity index (χ0n) is 17.7. The van der Waals surface area contributed by atoms with Crippen LogP contribution in [0.2, 0.25) is 5.02 Å². The quantitative estimate of drug-likeness (QED) is 0.601. The monoisotopic (exact) mass is 525 g/mol. The molecule has 6 nitrogen and oxygen atoms in total. The lowest BCUT2D eigenvalue weighted by Gasteiger charge is -2.36. The van der Waals surface area contributed by atoms with Crippen LogP contribution in [0.1, 0.15) is 25.0 Å². The Labute approximate surface area is 196 Å². The van der Waals surface area contributed by atoms with Gasteiger partial charge >= 0.3 is 0 Å². The highest BCUT2D eigenvalue weighted by molar-refractivity contribution is 9.10. The van der Waals surface area contributed by atoms with Crippen LogP contribution < -0.4 is 9.80 Å². The molecule has 1 atom stereocenters. The molecule has 166 valence electrons.